The molecule has 0 saturated heterocycles. The number of alkyl halides is 1. The van der Waals surface area contributed by atoms with Crippen LogP contribution in [0.1, 0.15) is 36.5 Å². The van der Waals surface area contributed by atoms with Crippen LogP contribution in [0.4, 0.5) is 4.39 Å². The van der Waals surface area contributed by atoms with Crippen molar-refractivity contribution in [2.45, 2.75) is 39.5 Å². The first-order valence-electron chi connectivity index (χ1n) is 6.73. The Hall–Kier alpha value is -0.960. The third-order valence-corrected chi connectivity index (χ3v) is 4.33. The van der Waals surface area contributed by atoms with E-state index >= 15 is 0 Å². The van der Waals surface area contributed by atoms with E-state index in [9.17, 15) is 4.39 Å². The van der Waals surface area contributed by atoms with Crippen molar-refractivity contribution >= 4 is 22.1 Å². The number of halogens is 2. The molecule has 2 rings (SSSR count). The molecular formula is C16H19BrFN. The summed E-state index contributed by atoms with van der Waals surface area (Å²) in [6, 6.07) is 4.40. The number of fused-ring (bicyclic) bond motifs is 1. The van der Waals surface area contributed by atoms with Crippen molar-refractivity contribution in [1.82, 2.24) is 0 Å². The van der Waals surface area contributed by atoms with Crippen molar-refractivity contribution in [3.05, 3.63) is 44.6 Å². The predicted molar refractivity (Wildman–Crippen MR) is 82.7 cm³/mol. The Bertz CT molecular complexity index is 532. The maximum absolute atomic E-state index is 12.3. The third kappa shape index (κ3) is 3.33. The van der Waals surface area contributed by atoms with Crippen molar-refractivity contribution in [1.29, 1.82) is 0 Å². The van der Waals surface area contributed by atoms with Crippen LogP contribution in [0, 0.1) is 6.92 Å². The van der Waals surface area contributed by atoms with Crippen molar-refractivity contribution in [2.24, 2.45) is 4.99 Å². The lowest BCUT2D eigenvalue weighted by Crippen LogP contribution is -1.96. The number of nitrogens with zero attached hydrogens (tertiary/aromatic N) is 1. The van der Waals surface area contributed by atoms with Crippen LogP contribution in [-0.4, -0.2) is 12.9 Å². The molecule has 0 N–H and O–H groups in total. The van der Waals surface area contributed by atoms with Gasteiger partial charge in [0.15, 0.2) is 0 Å². The van der Waals surface area contributed by atoms with Crippen molar-refractivity contribution in [3.63, 3.8) is 0 Å². The smallest absolute Gasteiger partial charge is 0.125 e. The van der Waals surface area contributed by atoms with Gasteiger partial charge in [0, 0.05) is 22.8 Å². The topological polar surface area (TPSA) is 12.4 Å². The molecule has 0 amide bonds. The second kappa shape index (κ2) is 6.47. The van der Waals surface area contributed by atoms with Crippen LogP contribution in [0.15, 0.2) is 32.9 Å². The van der Waals surface area contributed by atoms with Crippen LogP contribution in [0.25, 0.3) is 0 Å². The minimum absolute atomic E-state index is 0.498. The van der Waals surface area contributed by atoms with Gasteiger partial charge in [0.1, 0.15) is 6.67 Å². The van der Waals surface area contributed by atoms with Gasteiger partial charge in [0.05, 0.1) is 0 Å². The number of rotatable bonds is 3. The number of aryl methyl sites for hydroxylation is 2. The van der Waals surface area contributed by atoms with Gasteiger partial charge in [0.25, 0.3) is 0 Å². The van der Waals surface area contributed by atoms with Gasteiger partial charge in [-0.2, -0.15) is 0 Å². The molecule has 0 unspecified atom stereocenters. The van der Waals surface area contributed by atoms with Gasteiger partial charge in [-0.1, -0.05) is 28.9 Å². The summed E-state index contributed by atoms with van der Waals surface area (Å²) in [7, 11) is 0. The molecule has 0 atom stereocenters. The zero-order valence-corrected chi connectivity index (χ0v) is 13.1. The summed E-state index contributed by atoms with van der Waals surface area (Å²) in [6.45, 7) is 3.77. The van der Waals surface area contributed by atoms with Crippen molar-refractivity contribution in [3.8, 4) is 0 Å². The molecule has 0 fully saturated rings. The van der Waals surface area contributed by atoms with E-state index in [0.29, 0.717) is 0 Å². The first kappa shape index (κ1) is 14.4. The van der Waals surface area contributed by atoms with E-state index in [0.717, 1.165) is 35.9 Å². The fourth-order valence-electron chi connectivity index (χ4n) is 2.65. The van der Waals surface area contributed by atoms with E-state index in [1.807, 2.05) is 0 Å². The van der Waals surface area contributed by atoms with Crippen LogP contribution in [0.2, 0.25) is 0 Å². The number of benzene rings is 1. The highest BCUT2D eigenvalue weighted by Gasteiger charge is 2.17. The molecule has 102 valence electrons. The second-order valence-electron chi connectivity index (χ2n) is 4.93. The van der Waals surface area contributed by atoms with Gasteiger partial charge >= 0.3 is 0 Å². The van der Waals surface area contributed by atoms with Gasteiger partial charge < -0.3 is 0 Å². The summed E-state index contributed by atoms with van der Waals surface area (Å²) >= 11 is 3.66. The Balaban J connectivity index is 2.43. The summed E-state index contributed by atoms with van der Waals surface area (Å²) < 4.78 is 13.5. The monoisotopic (exact) mass is 323 g/mol. The minimum atomic E-state index is -0.498. The zero-order valence-electron chi connectivity index (χ0n) is 11.5. The lowest BCUT2D eigenvalue weighted by molar-refractivity contribution is 0.587. The molecule has 1 aromatic rings. The molecule has 1 aromatic carbocycles. The van der Waals surface area contributed by atoms with E-state index in [1.54, 1.807) is 0 Å². The molecule has 1 aliphatic carbocycles. The van der Waals surface area contributed by atoms with Gasteiger partial charge in [-0.15, -0.1) is 0 Å². The van der Waals surface area contributed by atoms with Gasteiger partial charge in [-0.3, -0.25) is 4.99 Å². The molecular weight excluding hydrogens is 305 g/mol. The molecule has 0 bridgehead atoms. The highest BCUT2D eigenvalue weighted by molar-refractivity contribution is 9.10. The zero-order chi connectivity index (χ0) is 13.8. The lowest BCUT2D eigenvalue weighted by atomic mass is 10.00. The first-order valence-corrected chi connectivity index (χ1v) is 7.52. The third-order valence-electron chi connectivity index (χ3n) is 3.62. The Morgan fingerprint density at radius 2 is 2.16 bits per heavy atom. The second-order valence-corrected chi connectivity index (χ2v) is 5.79. The minimum Gasteiger partial charge on any atom is -0.263 e. The molecule has 0 radical (unpaired) electrons. The fourth-order valence-corrected chi connectivity index (χ4v) is 3.41. The largest absolute Gasteiger partial charge is 0.263 e. The van der Waals surface area contributed by atoms with E-state index in [2.05, 4.69) is 46.9 Å². The summed E-state index contributed by atoms with van der Waals surface area (Å²) in [6.07, 6.45) is 5.24. The summed E-state index contributed by atoms with van der Waals surface area (Å²) in [5.41, 5.74) is 6.37. The molecule has 0 spiro atoms. The molecule has 3 heteroatoms. The fraction of sp³-hybridized carbons (Fsp3) is 0.438. The standard InChI is InChI=1S/C16H19BrFN/c1-3-12-4-5-13-8-11(2)9-15(17)14(13)10-16(12)19-7-6-18/h7-9H,3-6,10H2,1-2H3. The average Bonchev–Trinajstić information content (AvgIpc) is 2.55. The predicted octanol–water partition coefficient (Wildman–Crippen LogP) is 4.95. The molecule has 0 saturated carbocycles. The molecule has 1 aliphatic rings. The van der Waals surface area contributed by atoms with E-state index in [4.69, 9.17) is 0 Å². The Morgan fingerprint density at radius 3 is 2.84 bits per heavy atom. The SMILES string of the molecule is CCC1=C(N=CCF)Cc2c(Br)cc(C)cc2CC1. The van der Waals surface area contributed by atoms with Crippen LogP contribution < -0.4 is 0 Å². The molecule has 0 aromatic heterocycles. The normalized spacial score (nSPS) is 15.8. The molecule has 1 nitrogen and oxygen atoms in total. The average molecular weight is 324 g/mol. The quantitative estimate of drug-likeness (QED) is 0.698. The highest BCUT2D eigenvalue weighted by Crippen LogP contribution is 2.32. The Morgan fingerprint density at radius 1 is 1.37 bits per heavy atom. The van der Waals surface area contributed by atoms with Gasteiger partial charge in [-0.25, -0.2) is 4.39 Å². The Kier molecular flexibility index (Phi) is 4.92. The van der Waals surface area contributed by atoms with Crippen LogP contribution >= 0.6 is 15.9 Å². The van der Waals surface area contributed by atoms with Crippen LogP contribution in [0.5, 0.6) is 0 Å². The maximum Gasteiger partial charge on any atom is 0.125 e. The maximum atomic E-state index is 12.3. The number of hydrogen-bond donors (Lipinski definition) is 0. The van der Waals surface area contributed by atoms with Crippen LogP contribution in [-0.2, 0) is 12.8 Å². The summed E-state index contributed by atoms with van der Waals surface area (Å²) in [4.78, 5) is 4.34. The van der Waals surface area contributed by atoms with E-state index in [1.165, 1.54) is 28.5 Å². The van der Waals surface area contributed by atoms with Crippen molar-refractivity contribution in [2.75, 3.05) is 6.67 Å². The van der Waals surface area contributed by atoms with E-state index < -0.39 is 6.67 Å². The van der Waals surface area contributed by atoms with Gasteiger partial charge in [-0.05, 0) is 54.5 Å². The Labute approximate surface area is 122 Å². The number of hydrogen-bond acceptors (Lipinski definition) is 1. The first-order chi connectivity index (χ1) is 9.15. The number of aliphatic imine (C=N–C) groups is 1. The molecule has 0 heterocycles. The lowest BCUT2D eigenvalue weighted by Gasteiger charge is -2.10. The van der Waals surface area contributed by atoms with Crippen LogP contribution in [0.3, 0.4) is 0 Å². The highest BCUT2D eigenvalue weighted by atomic mass is 79.9. The summed E-state index contributed by atoms with van der Waals surface area (Å²) in [5.74, 6) is 0. The summed E-state index contributed by atoms with van der Waals surface area (Å²) in [5, 5.41) is 0. The van der Waals surface area contributed by atoms with E-state index in [-0.39, 0.29) is 0 Å². The van der Waals surface area contributed by atoms with Crippen molar-refractivity contribution < 1.29 is 4.39 Å². The molecule has 0 aliphatic heterocycles. The van der Waals surface area contributed by atoms with Gasteiger partial charge in [0.2, 0.25) is 0 Å². The number of allylic oxidation sites excluding steroid dienone is 2. The molecule has 19 heavy (non-hydrogen) atoms.